The first kappa shape index (κ1) is 25.0. The summed E-state index contributed by atoms with van der Waals surface area (Å²) in [6.45, 7) is 0.295. The SMILES string of the molecule is COc1ccc(COc2cccc(-c3c(-c4ccccc4C=O)cnc4c(C(F)(F)F)cccc34)c2)cc1. The van der Waals surface area contributed by atoms with Crippen molar-refractivity contribution < 1.29 is 27.4 Å². The second-order valence-electron chi connectivity index (χ2n) is 8.62. The van der Waals surface area contributed by atoms with Gasteiger partial charge in [0.1, 0.15) is 18.1 Å². The van der Waals surface area contributed by atoms with Crippen LogP contribution < -0.4 is 9.47 Å². The van der Waals surface area contributed by atoms with E-state index in [2.05, 4.69) is 4.98 Å². The Balaban J connectivity index is 1.65. The second-order valence-corrected chi connectivity index (χ2v) is 8.62. The van der Waals surface area contributed by atoms with Gasteiger partial charge in [0.25, 0.3) is 0 Å². The third kappa shape index (κ3) is 4.95. The lowest BCUT2D eigenvalue weighted by atomic mass is 9.90. The van der Waals surface area contributed by atoms with Crippen LogP contribution in [0.4, 0.5) is 13.2 Å². The fourth-order valence-electron chi connectivity index (χ4n) is 4.44. The molecule has 4 nitrogen and oxygen atoms in total. The molecule has 0 fully saturated rings. The summed E-state index contributed by atoms with van der Waals surface area (Å²) in [6, 6.07) is 25.6. The highest BCUT2D eigenvalue weighted by atomic mass is 19.4. The van der Waals surface area contributed by atoms with Crippen LogP contribution in [0.1, 0.15) is 21.5 Å². The van der Waals surface area contributed by atoms with E-state index in [9.17, 15) is 18.0 Å². The molecule has 1 aromatic heterocycles. The Morgan fingerprint density at radius 1 is 0.842 bits per heavy atom. The third-order valence-electron chi connectivity index (χ3n) is 6.27. The monoisotopic (exact) mass is 513 g/mol. The molecule has 0 aliphatic heterocycles. The van der Waals surface area contributed by atoms with E-state index < -0.39 is 11.7 Å². The molecule has 38 heavy (non-hydrogen) atoms. The molecule has 0 atom stereocenters. The van der Waals surface area contributed by atoms with Crippen LogP contribution >= 0.6 is 0 Å². The van der Waals surface area contributed by atoms with Crippen molar-refractivity contribution in [1.29, 1.82) is 0 Å². The zero-order valence-electron chi connectivity index (χ0n) is 20.3. The van der Waals surface area contributed by atoms with E-state index in [-0.39, 0.29) is 5.52 Å². The Labute approximate surface area is 217 Å². The van der Waals surface area contributed by atoms with Crippen LogP contribution in [0.15, 0.2) is 97.2 Å². The van der Waals surface area contributed by atoms with Gasteiger partial charge in [0.05, 0.1) is 18.2 Å². The highest BCUT2D eigenvalue weighted by Gasteiger charge is 2.34. The summed E-state index contributed by atoms with van der Waals surface area (Å²) >= 11 is 0. The number of hydrogen-bond acceptors (Lipinski definition) is 4. The normalized spacial score (nSPS) is 11.4. The minimum atomic E-state index is -4.57. The zero-order chi connectivity index (χ0) is 26.7. The fraction of sp³-hybridized carbons (Fsp3) is 0.0968. The summed E-state index contributed by atoms with van der Waals surface area (Å²) in [4.78, 5) is 16.0. The number of aldehydes is 1. The van der Waals surface area contributed by atoms with Gasteiger partial charge in [-0.3, -0.25) is 9.78 Å². The van der Waals surface area contributed by atoms with Crippen LogP contribution in [0.5, 0.6) is 11.5 Å². The van der Waals surface area contributed by atoms with Crippen molar-refractivity contribution in [2.24, 2.45) is 0 Å². The fourth-order valence-corrected chi connectivity index (χ4v) is 4.44. The molecule has 0 spiro atoms. The predicted molar refractivity (Wildman–Crippen MR) is 140 cm³/mol. The van der Waals surface area contributed by atoms with Gasteiger partial charge in [-0.25, -0.2) is 0 Å². The molecule has 0 aliphatic carbocycles. The quantitative estimate of drug-likeness (QED) is 0.207. The lowest BCUT2D eigenvalue weighted by Crippen LogP contribution is -2.07. The number of aromatic nitrogens is 1. The van der Waals surface area contributed by atoms with E-state index in [0.717, 1.165) is 23.7 Å². The van der Waals surface area contributed by atoms with Crippen molar-refractivity contribution in [2.75, 3.05) is 7.11 Å². The van der Waals surface area contributed by atoms with E-state index >= 15 is 0 Å². The molecule has 0 radical (unpaired) electrons. The molecule has 0 bridgehead atoms. The topological polar surface area (TPSA) is 48.4 Å². The number of alkyl halides is 3. The van der Waals surface area contributed by atoms with Crippen molar-refractivity contribution in [3.8, 4) is 33.8 Å². The second kappa shape index (κ2) is 10.4. The number of benzene rings is 4. The molecule has 1 heterocycles. The molecule has 0 amide bonds. The number of carbonyl (C=O) groups is 1. The molecule has 5 aromatic rings. The van der Waals surface area contributed by atoms with Gasteiger partial charge in [0.15, 0.2) is 6.29 Å². The average molecular weight is 514 g/mol. The molecular formula is C31H22F3NO3. The minimum absolute atomic E-state index is 0.160. The molecule has 5 rings (SSSR count). The van der Waals surface area contributed by atoms with Crippen molar-refractivity contribution in [2.45, 2.75) is 12.8 Å². The first-order chi connectivity index (χ1) is 18.4. The van der Waals surface area contributed by atoms with Gasteiger partial charge < -0.3 is 9.47 Å². The Morgan fingerprint density at radius 3 is 2.34 bits per heavy atom. The van der Waals surface area contributed by atoms with Gasteiger partial charge in [-0.05, 0) is 47.0 Å². The molecule has 4 aromatic carbocycles. The third-order valence-corrected chi connectivity index (χ3v) is 6.27. The highest BCUT2D eigenvalue weighted by Crippen LogP contribution is 2.42. The number of fused-ring (bicyclic) bond motifs is 1. The minimum Gasteiger partial charge on any atom is -0.497 e. The zero-order valence-corrected chi connectivity index (χ0v) is 20.3. The maximum absolute atomic E-state index is 13.9. The standard InChI is InChI=1S/C31H22F3NO3/c1-37-23-14-12-20(13-15-23)19-38-24-8-4-7-21(16-24)29-26-10-5-11-28(31(32,33)34)30(26)35-17-27(29)25-9-3-2-6-22(25)18-36/h2-18H,19H2,1H3. The van der Waals surface area contributed by atoms with Crippen molar-refractivity contribution >= 4 is 17.2 Å². The Kier molecular flexibility index (Phi) is 6.83. The van der Waals surface area contributed by atoms with Crippen LogP contribution in [0, 0.1) is 0 Å². The van der Waals surface area contributed by atoms with E-state index in [0.29, 0.717) is 45.6 Å². The molecule has 0 aliphatic rings. The Bertz CT molecular complexity index is 1610. The van der Waals surface area contributed by atoms with Crippen LogP contribution in [-0.4, -0.2) is 18.4 Å². The van der Waals surface area contributed by atoms with Gasteiger partial charge in [0.2, 0.25) is 0 Å². The van der Waals surface area contributed by atoms with Gasteiger partial charge in [-0.15, -0.1) is 0 Å². The number of halogens is 3. The van der Waals surface area contributed by atoms with Crippen LogP contribution in [0.3, 0.4) is 0 Å². The summed E-state index contributed by atoms with van der Waals surface area (Å²) in [7, 11) is 1.60. The molecular weight excluding hydrogens is 491 g/mol. The van der Waals surface area contributed by atoms with Crippen molar-refractivity contribution in [3.05, 3.63) is 114 Å². The van der Waals surface area contributed by atoms with Crippen molar-refractivity contribution in [1.82, 2.24) is 4.98 Å². The van der Waals surface area contributed by atoms with E-state index in [1.54, 1.807) is 55.6 Å². The van der Waals surface area contributed by atoms with Crippen LogP contribution in [-0.2, 0) is 12.8 Å². The summed E-state index contributed by atoms with van der Waals surface area (Å²) < 4.78 is 52.8. The Morgan fingerprint density at radius 2 is 1.61 bits per heavy atom. The average Bonchev–Trinajstić information content (AvgIpc) is 2.95. The maximum atomic E-state index is 13.9. The smallest absolute Gasteiger partial charge is 0.418 e. The number of carbonyl (C=O) groups excluding carboxylic acids is 1. The predicted octanol–water partition coefficient (Wildman–Crippen LogP) is 7.99. The number of rotatable bonds is 7. The number of ether oxygens (including phenoxy) is 2. The number of hydrogen-bond donors (Lipinski definition) is 0. The summed E-state index contributed by atoms with van der Waals surface area (Å²) in [6.07, 6.45) is -2.45. The number of nitrogens with zero attached hydrogens (tertiary/aromatic N) is 1. The Hall–Kier alpha value is -4.65. The molecule has 0 saturated heterocycles. The first-order valence-corrected chi connectivity index (χ1v) is 11.8. The molecule has 7 heteroatoms. The molecule has 0 N–H and O–H groups in total. The van der Waals surface area contributed by atoms with Crippen molar-refractivity contribution in [3.63, 3.8) is 0 Å². The maximum Gasteiger partial charge on any atom is 0.418 e. The van der Waals surface area contributed by atoms with Crippen LogP contribution in [0.2, 0.25) is 0 Å². The number of pyridine rings is 1. The summed E-state index contributed by atoms with van der Waals surface area (Å²) in [5.74, 6) is 1.28. The van der Waals surface area contributed by atoms with Gasteiger partial charge >= 0.3 is 6.18 Å². The van der Waals surface area contributed by atoms with Crippen LogP contribution in [0.25, 0.3) is 33.2 Å². The number of para-hydroxylation sites is 1. The molecule has 0 saturated carbocycles. The van der Waals surface area contributed by atoms with E-state index in [1.165, 1.54) is 12.3 Å². The molecule has 0 unspecified atom stereocenters. The van der Waals surface area contributed by atoms with E-state index in [4.69, 9.17) is 9.47 Å². The number of methoxy groups -OCH3 is 1. The first-order valence-electron chi connectivity index (χ1n) is 11.8. The largest absolute Gasteiger partial charge is 0.497 e. The summed E-state index contributed by atoms with van der Waals surface area (Å²) in [5.41, 5.74) is 2.66. The van der Waals surface area contributed by atoms with E-state index in [1.807, 2.05) is 30.3 Å². The van der Waals surface area contributed by atoms with Gasteiger partial charge in [-0.2, -0.15) is 13.2 Å². The lowest BCUT2D eigenvalue weighted by molar-refractivity contribution is -0.136. The lowest BCUT2D eigenvalue weighted by Gasteiger charge is -2.18. The molecule has 190 valence electrons. The summed E-state index contributed by atoms with van der Waals surface area (Å²) in [5, 5.41) is 0.324. The van der Waals surface area contributed by atoms with Gasteiger partial charge in [0, 0.05) is 28.3 Å². The van der Waals surface area contributed by atoms with Gasteiger partial charge in [-0.1, -0.05) is 60.7 Å². The highest BCUT2D eigenvalue weighted by molar-refractivity contribution is 6.05.